The van der Waals surface area contributed by atoms with E-state index in [-0.39, 0.29) is 17.4 Å². The van der Waals surface area contributed by atoms with Gasteiger partial charge >= 0.3 is 0 Å². The molecule has 1 unspecified atom stereocenters. The topological polar surface area (TPSA) is 61.4 Å². The minimum atomic E-state index is -0.598. The van der Waals surface area contributed by atoms with E-state index >= 15 is 0 Å². The molecule has 5 nitrogen and oxygen atoms in total. The van der Waals surface area contributed by atoms with Crippen molar-refractivity contribution in [1.82, 2.24) is 10.2 Å². The van der Waals surface area contributed by atoms with E-state index in [1.807, 2.05) is 6.07 Å². The second-order valence-corrected chi connectivity index (χ2v) is 7.94. The molecule has 0 radical (unpaired) electrons. The predicted molar refractivity (Wildman–Crippen MR) is 110 cm³/mol. The molecule has 2 heterocycles. The molecule has 29 heavy (non-hydrogen) atoms. The number of hydrogen-bond donors (Lipinski definition) is 2. The first-order valence-corrected chi connectivity index (χ1v) is 10.3. The Balaban J connectivity index is 1.27. The average molecular weight is 395 g/mol. The molecule has 2 amide bonds. The second-order valence-electron chi connectivity index (χ2n) is 7.94. The zero-order valence-corrected chi connectivity index (χ0v) is 16.4. The van der Waals surface area contributed by atoms with Gasteiger partial charge in [-0.05, 0) is 55.0 Å². The fourth-order valence-electron chi connectivity index (χ4n) is 4.12. The van der Waals surface area contributed by atoms with Gasteiger partial charge in [0.25, 0.3) is 5.91 Å². The lowest BCUT2D eigenvalue weighted by molar-refractivity contribution is -0.116. The Bertz CT molecular complexity index is 900. The van der Waals surface area contributed by atoms with Gasteiger partial charge in [0.2, 0.25) is 5.91 Å². The standard InChI is InChI=1S/C23H26FN3O2/c24-20-13-21-18(6-7-22(28)26-21)12-19(20)23(29)25-14-17-9-11-27(15-17)10-8-16-4-2-1-3-5-16/h1-5,12-13,17H,6-11,14-15H2,(H,25,29)(H,26,28). The van der Waals surface area contributed by atoms with E-state index < -0.39 is 5.82 Å². The van der Waals surface area contributed by atoms with E-state index in [2.05, 4.69) is 39.8 Å². The van der Waals surface area contributed by atoms with Gasteiger partial charge in [0.1, 0.15) is 5.82 Å². The van der Waals surface area contributed by atoms with Crippen LogP contribution in [0.4, 0.5) is 10.1 Å². The maximum Gasteiger partial charge on any atom is 0.254 e. The first kappa shape index (κ1) is 19.6. The highest BCUT2D eigenvalue weighted by Crippen LogP contribution is 2.26. The maximum absolute atomic E-state index is 14.4. The molecule has 1 atom stereocenters. The smallest absolute Gasteiger partial charge is 0.254 e. The number of halogens is 1. The Labute approximate surface area is 170 Å². The van der Waals surface area contributed by atoms with E-state index in [0.717, 1.165) is 38.0 Å². The van der Waals surface area contributed by atoms with E-state index in [9.17, 15) is 14.0 Å². The van der Waals surface area contributed by atoms with Crippen LogP contribution in [0.2, 0.25) is 0 Å². The molecule has 0 saturated carbocycles. The third-order valence-corrected chi connectivity index (χ3v) is 5.81. The number of benzene rings is 2. The maximum atomic E-state index is 14.4. The summed E-state index contributed by atoms with van der Waals surface area (Å²) in [5, 5.41) is 5.55. The van der Waals surface area contributed by atoms with Crippen LogP contribution in [0.3, 0.4) is 0 Å². The molecular weight excluding hydrogens is 369 g/mol. The van der Waals surface area contributed by atoms with E-state index in [0.29, 0.717) is 31.0 Å². The number of anilines is 1. The van der Waals surface area contributed by atoms with Gasteiger partial charge in [0.15, 0.2) is 0 Å². The number of carbonyl (C=O) groups excluding carboxylic acids is 2. The van der Waals surface area contributed by atoms with Crippen molar-refractivity contribution in [3.8, 4) is 0 Å². The molecule has 2 aromatic carbocycles. The number of nitrogens with zero attached hydrogens (tertiary/aromatic N) is 1. The molecule has 152 valence electrons. The van der Waals surface area contributed by atoms with Gasteiger partial charge in [-0.1, -0.05) is 30.3 Å². The number of rotatable bonds is 6. The van der Waals surface area contributed by atoms with Gasteiger partial charge in [0.05, 0.1) is 5.56 Å². The third kappa shape index (κ3) is 4.82. The molecule has 0 aromatic heterocycles. The summed E-state index contributed by atoms with van der Waals surface area (Å²) in [5.41, 5.74) is 2.67. The molecule has 0 bridgehead atoms. The Hall–Kier alpha value is -2.73. The Morgan fingerprint density at radius 1 is 1.21 bits per heavy atom. The SMILES string of the molecule is O=C1CCc2cc(C(=O)NCC3CCN(CCc4ccccc4)C3)c(F)cc2N1. The van der Waals surface area contributed by atoms with Crippen LogP contribution in [0.25, 0.3) is 0 Å². The molecule has 0 spiro atoms. The third-order valence-electron chi connectivity index (χ3n) is 5.81. The Morgan fingerprint density at radius 3 is 2.86 bits per heavy atom. The molecule has 0 aliphatic carbocycles. The fraction of sp³-hybridized carbons (Fsp3) is 0.391. The number of hydrogen-bond acceptors (Lipinski definition) is 3. The van der Waals surface area contributed by atoms with Crippen LogP contribution in [-0.4, -0.2) is 42.9 Å². The molecule has 2 aliphatic heterocycles. The Kier molecular flexibility index (Phi) is 5.90. The van der Waals surface area contributed by atoms with Gasteiger partial charge in [-0.3, -0.25) is 9.59 Å². The largest absolute Gasteiger partial charge is 0.352 e. The molecule has 6 heteroatoms. The second kappa shape index (κ2) is 8.74. The zero-order valence-electron chi connectivity index (χ0n) is 16.4. The minimum Gasteiger partial charge on any atom is -0.352 e. The van der Waals surface area contributed by atoms with Crippen LogP contribution < -0.4 is 10.6 Å². The van der Waals surface area contributed by atoms with Crippen molar-refractivity contribution in [2.45, 2.75) is 25.7 Å². The normalized spacial score (nSPS) is 18.9. The number of fused-ring (bicyclic) bond motifs is 1. The minimum absolute atomic E-state index is 0.0545. The molecular formula is C23H26FN3O2. The summed E-state index contributed by atoms with van der Waals surface area (Å²) in [7, 11) is 0. The van der Waals surface area contributed by atoms with Gasteiger partial charge < -0.3 is 15.5 Å². The van der Waals surface area contributed by atoms with Crippen molar-refractivity contribution in [3.05, 3.63) is 65.0 Å². The first-order chi connectivity index (χ1) is 14.1. The summed E-state index contributed by atoms with van der Waals surface area (Å²) in [6.07, 6.45) is 2.95. The summed E-state index contributed by atoms with van der Waals surface area (Å²) in [6.45, 7) is 3.54. The van der Waals surface area contributed by atoms with E-state index in [1.54, 1.807) is 6.07 Å². The molecule has 1 fully saturated rings. The van der Waals surface area contributed by atoms with E-state index in [4.69, 9.17) is 0 Å². The highest BCUT2D eigenvalue weighted by Gasteiger charge is 2.24. The van der Waals surface area contributed by atoms with Crippen LogP contribution in [0.1, 0.15) is 34.3 Å². The molecule has 1 saturated heterocycles. The van der Waals surface area contributed by atoms with Crippen LogP contribution in [0, 0.1) is 11.7 Å². The monoisotopic (exact) mass is 395 g/mol. The highest BCUT2D eigenvalue weighted by atomic mass is 19.1. The summed E-state index contributed by atoms with van der Waals surface area (Å²) in [6, 6.07) is 13.3. The van der Waals surface area contributed by atoms with Gasteiger partial charge in [-0.25, -0.2) is 4.39 Å². The van der Waals surface area contributed by atoms with Crippen molar-refractivity contribution in [1.29, 1.82) is 0 Å². The summed E-state index contributed by atoms with van der Waals surface area (Å²) >= 11 is 0. The first-order valence-electron chi connectivity index (χ1n) is 10.3. The number of amides is 2. The molecule has 2 aliphatic rings. The lowest BCUT2D eigenvalue weighted by atomic mass is 9.99. The average Bonchev–Trinajstić information content (AvgIpc) is 3.18. The van der Waals surface area contributed by atoms with Gasteiger partial charge in [-0.15, -0.1) is 0 Å². The summed E-state index contributed by atoms with van der Waals surface area (Å²) in [4.78, 5) is 26.4. The van der Waals surface area contributed by atoms with E-state index in [1.165, 1.54) is 11.6 Å². The number of carbonyl (C=O) groups is 2. The van der Waals surface area contributed by atoms with Crippen molar-refractivity contribution < 1.29 is 14.0 Å². The van der Waals surface area contributed by atoms with Crippen LogP contribution in [-0.2, 0) is 17.6 Å². The fourth-order valence-corrected chi connectivity index (χ4v) is 4.12. The van der Waals surface area contributed by atoms with Crippen LogP contribution in [0.15, 0.2) is 42.5 Å². The predicted octanol–water partition coefficient (Wildman–Crippen LogP) is 3.00. The van der Waals surface area contributed by atoms with Crippen molar-refractivity contribution in [2.75, 3.05) is 31.5 Å². The molecule has 4 rings (SSSR count). The zero-order chi connectivity index (χ0) is 20.2. The van der Waals surface area contributed by atoms with Crippen molar-refractivity contribution in [3.63, 3.8) is 0 Å². The quantitative estimate of drug-likeness (QED) is 0.791. The number of likely N-dealkylation sites (tertiary alicyclic amines) is 1. The summed E-state index contributed by atoms with van der Waals surface area (Å²) in [5.74, 6) is -0.717. The van der Waals surface area contributed by atoms with Crippen molar-refractivity contribution >= 4 is 17.5 Å². The Morgan fingerprint density at radius 2 is 2.03 bits per heavy atom. The molecule has 2 aromatic rings. The summed E-state index contributed by atoms with van der Waals surface area (Å²) < 4.78 is 14.4. The number of nitrogens with one attached hydrogen (secondary N) is 2. The van der Waals surface area contributed by atoms with Gasteiger partial charge in [0, 0.05) is 31.7 Å². The molecule has 2 N–H and O–H groups in total. The lowest BCUT2D eigenvalue weighted by Gasteiger charge is -2.19. The van der Waals surface area contributed by atoms with Crippen LogP contribution in [0.5, 0.6) is 0 Å². The number of aryl methyl sites for hydroxylation is 1. The lowest BCUT2D eigenvalue weighted by Crippen LogP contribution is -2.32. The van der Waals surface area contributed by atoms with Gasteiger partial charge in [-0.2, -0.15) is 0 Å². The van der Waals surface area contributed by atoms with Crippen LogP contribution >= 0.6 is 0 Å². The van der Waals surface area contributed by atoms with Crippen molar-refractivity contribution in [2.24, 2.45) is 5.92 Å². The highest BCUT2D eigenvalue weighted by molar-refractivity contribution is 5.98.